The number of rotatable bonds is 8. The molecule has 3 N–H and O–H groups in total. The molecule has 0 saturated carbocycles. The first-order valence-electron chi connectivity index (χ1n) is 10.1. The Bertz CT molecular complexity index is 921. The number of hydrogen-bond donors (Lipinski definition) is 3. The largest absolute Gasteiger partial charge is 0.496 e. The number of carbonyl (C=O) groups excluding carboxylic acids is 1. The van der Waals surface area contributed by atoms with Crippen LogP contribution in [0.15, 0.2) is 36.4 Å². The van der Waals surface area contributed by atoms with E-state index >= 15 is 0 Å². The fourth-order valence-electron chi connectivity index (χ4n) is 2.74. The van der Waals surface area contributed by atoms with Gasteiger partial charge in [-0.2, -0.15) is 0 Å². The number of carbonyl (C=O) groups is 1. The maximum atomic E-state index is 12.8. The van der Waals surface area contributed by atoms with Crippen molar-refractivity contribution < 1.29 is 24.5 Å². The van der Waals surface area contributed by atoms with Crippen molar-refractivity contribution in [3.63, 3.8) is 0 Å². The molecule has 1 amide bonds. The monoisotopic (exact) mass is 449 g/mol. The molecule has 170 valence electrons. The SMILES string of the molecule is COc1ccccc1C(O)c1cc(Cl)cc(OCC(C)(C)CO)c1NC(=O)C(C)(C)C. The van der Waals surface area contributed by atoms with Crippen molar-refractivity contribution in [2.24, 2.45) is 10.8 Å². The predicted molar refractivity (Wildman–Crippen MR) is 123 cm³/mol. The molecular formula is C24H32ClNO5. The molecule has 2 aromatic carbocycles. The molecule has 31 heavy (non-hydrogen) atoms. The van der Waals surface area contributed by atoms with Gasteiger partial charge in [-0.05, 0) is 12.1 Å². The highest BCUT2D eigenvalue weighted by Crippen LogP contribution is 2.41. The number of benzene rings is 2. The second kappa shape index (κ2) is 9.90. The third kappa shape index (κ3) is 6.35. The number of nitrogens with one attached hydrogen (secondary N) is 1. The van der Waals surface area contributed by atoms with Crippen molar-refractivity contribution >= 4 is 23.2 Å². The first-order valence-corrected chi connectivity index (χ1v) is 10.5. The van der Waals surface area contributed by atoms with Crippen molar-refractivity contribution in [3.8, 4) is 11.5 Å². The summed E-state index contributed by atoms with van der Waals surface area (Å²) in [5, 5.41) is 24.1. The third-order valence-electron chi connectivity index (χ3n) is 4.79. The lowest BCUT2D eigenvalue weighted by molar-refractivity contribution is -0.123. The van der Waals surface area contributed by atoms with Gasteiger partial charge in [-0.3, -0.25) is 4.79 Å². The zero-order valence-electron chi connectivity index (χ0n) is 19.0. The smallest absolute Gasteiger partial charge is 0.229 e. The van der Waals surface area contributed by atoms with Crippen LogP contribution < -0.4 is 14.8 Å². The van der Waals surface area contributed by atoms with Gasteiger partial charge in [0.1, 0.15) is 17.6 Å². The molecule has 0 saturated heterocycles. The zero-order valence-corrected chi connectivity index (χ0v) is 19.7. The molecule has 7 heteroatoms. The highest BCUT2D eigenvalue weighted by atomic mass is 35.5. The van der Waals surface area contributed by atoms with Crippen molar-refractivity contribution in [1.29, 1.82) is 0 Å². The molecule has 1 unspecified atom stereocenters. The Kier molecular flexibility index (Phi) is 7.98. The molecule has 2 aromatic rings. The van der Waals surface area contributed by atoms with Gasteiger partial charge in [-0.1, -0.05) is 64.4 Å². The number of ether oxygens (including phenoxy) is 2. The number of amides is 1. The van der Waals surface area contributed by atoms with Crippen LogP contribution in [0, 0.1) is 10.8 Å². The van der Waals surface area contributed by atoms with E-state index < -0.39 is 16.9 Å². The molecule has 0 aliphatic rings. The third-order valence-corrected chi connectivity index (χ3v) is 5.01. The Hall–Kier alpha value is -2.28. The van der Waals surface area contributed by atoms with E-state index in [1.54, 1.807) is 57.2 Å². The minimum Gasteiger partial charge on any atom is -0.496 e. The predicted octanol–water partition coefficient (Wildman–Crippen LogP) is 4.81. The van der Waals surface area contributed by atoms with E-state index in [-0.39, 0.29) is 19.1 Å². The maximum Gasteiger partial charge on any atom is 0.229 e. The first kappa shape index (κ1) is 25.0. The molecule has 0 radical (unpaired) electrons. The Morgan fingerprint density at radius 2 is 1.74 bits per heavy atom. The number of aliphatic hydroxyl groups excluding tert-OH is 2. The number of halogens is 1. The summed E-state index contributed by atoms with van der Waals surface area (Å²) in [6, 6.07) is 10.3. The number of hydrogen-bond acceptors (Lipinski definition) is 5. The summed E-state index contributed by atoms with van der Waals surface area (Å²) in [7, 11) is 1.53. The van der Waals surface area contributed by atoms with Gasteiger partial charge in [-0.15, -0.1) is 0 Å². The minimum absolute atomic E-state index is 0.0755. The van der Waals surface area contributed by atoms with Gasteiger partial charge in [0, 0.05) is 33.0 Å². The summed E-state index contributed by atoms with van der Waals surface area (Å²) in [6.45, 7) is 9.21. The summed E-state index contributed by atoms with van der Waals surface area (Å²) in [5.74, 6) is 0.581. The van der Waals surface area contributed by atoms with Crippen LogP contribution in [0.5, 0.6) is 11.5 Å². The quantitative estimate of drug-likeness (QED) is 0.538. The summed E-state index contributed by atoms with van der Waals surface area (Å²) in [6.07, 6.45) is -1.13. The molecule has 6 nitrogen and oxygen atoms in total. The van der Waals surface area contributed by atoms with Gasteiger partial charge in [0.2, 0.25) is 5.91 Å². The lowest BCUT2D eigenvalue weighted by atomic mass is 9.94. The molecule has 0 fully saturated rings. The highest BCUT2D eigenvalue weighted by molar-refractivity contribution is 6.31. The van der Waals surface area contributed by atoms with Gasteiger partial charge in [-0.25, -0.2) is 0 Å². The normalized spacial score (nSPS) is 12.9. The molecule has 0 aliphatic carbocycles. The van der Waals surface area contributed by atoms with Crippen molar-refractivity contribution in [2.45, 2.75) is 40.7 Å². The van der Waals surface area contributed by atoms with E-state index in [0.717, 1.165) is 0 Å². The van der Waals surface area contributed by atoms with Crippen LogP contribution in [0.25, 0.3) is 0 Å². The molecular weight excluding hydrogens is 418 g/mol. The van der Waals surface area contributed by atoms with Crippen molar-refractivity contribution in [1.82, 2.24) is 0 Å². The second-order valence-electron chi connectivity index (χ2n) is 9.33. The van der Waals surface area contributed by atoms with Gasteiger partial charge in [0.05, 0.1) is 26.0 Å². The second-order valence-corrected chi connectivity index (χ2v) is 9.76. The summed E-state index contributed by atoms with van der Waals surface area (Å²) in [4.78, 5) is 12.8. The average molecular weight is 450 g/mol. The van der Waals surface area contributed by atoms with E-state index in [9.17, 15) is 15.0 Å². The van der Waals surface area contributed by atoms with Crippen molar-refractivity contribution in [3.05, 3.63) is 52.5 Å². The Balaban J connectivity index is 2.61. The van der Waals surface area contributed by atoms with Gasteiger partial charge >= 0.3 is 0 Å². The first-order chi connectivity index (χ1) is 14.4. The molecule has 0 bridgehead atoms. The minimum atomic E-state index is -1.13. The van der Waals surface area contributed by atoms with Crippen LogP contribution in [0.1, 0.15) is 51.8 Å². The Morgan fingerprint density at radius 3 is 2.32 bits per heavy atom. The lowest BCUT2D eigenvalue weighted by Crippen LogP contribution is -2.29. The van der Waals surface area contributed by atoms with E-state index in [1.165, 1.54) is 7.11 Å². The Labute approximate surface area is 189 Å². The molecule has 0 aromatic heterocycles. The van der Waals surface area contributed by atoms with Gasteiger partial charge < -0.3 is 25.0 Å². The number of methoxy groups -OCH3 is 1. The van der Waals surface area contributed by atoms with Gasteiger partial charge in [0.25, 0.3) is 0 Å². The molecule has 0 spiro atoms. The van der Waals surface area contributed by atoms with Crippen LogP contribution in [0.2, 0.25) is 5.02 Å². The van der Waals surface area contributed by atoms with Crippen LogP contribution >= 0.6 is 11.6 Å². The fourth-order valence-corrected chi connectivity index (χ4v) is 2.96. The number of anilines is 1. The van der Waals surface area contributed by atoms with Gasteiger partial charge in [0.15, 0.2) is 0 Å². The summed E-state index contributed by atoms with van der Waals surface area (Å²) < 4.78 is 11.4. The van der Waals surface area contributed by atoms with Crippen LogP contribution in [-0.2, 0) is 4.79 Å². The van der Waals surface area contributed by atoms with E-state index in [4.69, 9.17) is 21.1 Å². The van der Waals surface area contributed by atoms with E-state index in [0.29, 0.717) is 33.3 Å². The average Bonchev–Trinajstić information content (AvgIpc) is 2.72. The molecule has 2 rings (SSSR count). The molecule has 1 atom stereocenters. The van der Waals surface area contributed by atoms with Crippen LogP contribution in [0.3, 0.4) is 0 Å². The number of aliphatic hydroxyl groups is 2. The standard InChI is InChI=1S/C24H32ClNO5/c1-23(2,3)22(29)26-20-17(21(28)16-9-7-8-10-18(16)30-6)11-15(25)12-19(20)31-14-24(4,5)13-27/h7-12,21,27-28H,13-14H2,1-6H3,(H,26,29). The highest BCUT2D eigenvalue weighted by Gasteiger charge is 2.28. The fraction of sp³-hybridized carbons (Fsp3) is 0.458. The zero-order chi connectivity index (χ0) is 23.4. The van der Waals surface area contributed by atoms with E-state index in [1.807, 2.05) is 13.8 Å². The maximum absolute atomic E-state index is 12.8. The summed E-state index contributed by atoms with van der Waals surface area (Å²) >= 11 is 6.35. The van der Waals surface area contributed by atoms with Crippen molar-refractivity contribution in [2.75, 3.05) is 25.6 Å². The van der Waals surface area contributed by atoms with Crippen LogP contribution in [0.4, 0.5) is 5.69 Å². The number of para-hydroxylation sites is 1. The Morgan fingerprint density at radius 1 is 1.10 bits per heavy atom. The molecule has 0 aliphatic heterocycles. The topological polar surface area (TPSA) is 88.0 Å². The summed E-state index contributed by atoms with van der Waals surface area (Å²) in [5.41, 5.74) is 0.0613. The molecule has 0 heterocycles. The lowest BCUT2D eigenvalue weighted by Gasteiger charge is -2.27. The van der Waals surface area contributed by atoms with E-state index in [2.05, 4.69) is 5.32 Å². The van der Waals surface area contributed by atoms with Crippen LogP contribution in [-0.4, -0.2) is 36.4 Å².